The van der Waals surface area contributed by atoms with E-state index in [0.29, 0.717) is 25.9 Å². The van der Waals surface area contributed by atoms with Crippen LogP contribution >= 0.6 is 0 Å². The van der Waals surface area contributed by atoms with Crippen LogP contribution in [0.2, 0.25) is 0 Å². The zero-order valence-electron chi connectivity index (χ0n) is 6.41. The number of hydrogen-bond donors (Lipinski definition) is 2. The van der Waals surface area contributed by atoms with Crippen molar-refractivity contribution in [3.8, 4) is 0 Å². The third-order valence-electron chi connectivity index (χ3n) is 1.22. The first-order valence-corrected chi connectivity index (χ1v) is 3.29. The molecule has 64 valence electrons. The molecule has 0 atom stereocenters. The lowest BCUT2D eigenvalue weighted by atomic mass is 10.4. The molecule has 0 aromatic heterocycles. The largest absolute Gasteiger partial charge is 0.465 e. The van der Waals surface area contributed by atoms with Gasteiger partial charge in [-0.3, -0.25) is 4.79 Å². The average molecular weight is 160 g/mol. The third-order valence-corrected chi connectivity index (χ3v) is 1.22. The molecule has 0 aliphatic rings. The molecular formula is C6H12N2O3. The molecule has 0 heterocycles. The maximum atomic E-state index is 10.2. The highest BCUT2D eigenvalue weighted by Gasteiger charge is 2.02. The fourth-order valence-corrected chi connectivity index (χ4v) is 0.573. The van der Waals surface area contributed by atoms with Gasteiger partial charge < -0.3 is 15.3 Å². The second kappa shape index (κ2) is 5.52. The third kappa shape index (κ3) is 5.20. The molecule has 2 amide bonds. The molecular weight excluding hydrogens is 148 g/mol. The van der Waals surface area contributed by atoms with Crippen molar-refractivity contribution in [3.05, 3.63) is 0 Å². The zero-order valence-corrected chi connectivity index (χ0v) is 6.41. The van der Waals surface area contributed by atoms with Gasteiger partial charge in [0.1, 0.15) is 0 Å². The predicted octanol–water partition coefficient (Wildman–Crippen LogP) is -0.268. The first-order valence-electron chi connectivity index (χ1n) is 3.29. The highest BCUT2D eigenvalue weighted by Crippen LogP contribution is 1.85. The Morgan fingerprint density at radius 3 is 2.82 bits per heavy atom. The van der Waals surface area contributed by atoms with Crippen LogP contribution in [0.25, 0.3) is 0 Å². The predicted molar refractivity (Wildman–Crippen MR) is 39.3 cm³/mol. The fourth-order valence-electron chi connectivity index (χ4n) is 0.573. The molecule has 0 fully saturated rings. The summed E-state index contributed by atoms with van der Waals surface area (Å²) in [5, 5.41) is 10.8. The van der Waals surface area contributed by atoms with E-state index in [1.54, 1.807) is 0 Å². The van der Waals surface area contributed by atoms with Crippen molar-refractivity contribution in [2.75, 3.05) is 20.1 Å². The van der Waals surface area contributed by atoms with Gasteiger partial charge in [0.05, 0.1) is 0 Å². The van der Waals surface area contributed by atoms with Crippen molar-refractivity contribution in [3.63, 3.8) is 0 Å². The molecule has 0 saturated heterocycles. The van der Waals surface area contributed by atoms with E-state index in [1.807, 2.05) is 0 Å². The van der Waals surface area contributed by atoms with Crippen LogP contribution in [-0.4, -0.2) is 42.6 Å². The van der Waals surface area contributed by atoms with Crippen molar-refractivity contribution >= 4 is 12.5 Å². The van der Waals surface area contributed by atoms with Gasteiger partial charge in [-0.05, 0) is 6.42 Å². The molecule has 0 unspecified atom stereocenters. The lowest BCUT2D eigenvalue weighted by Gasteiger charge is -2.11. The molecule has 0 rings (SSSR count). The quantitative estimate of drug-likeness (QED) is 0.429. The van der Waals surface area contributed by atoms with Crippen LogP contribution in [-0.2, 0) is 4.79 Å². The van der Waals surface area contributed by atoms with Gasteiger partial charge in [0.2, 0.25) is 6.41 Å². The molecule has 5 heteroatoms. The Morgan fingerprint density at radius 1 is 1.73 bits per heavy atom. The second-order valence-electron chi connectivity index (χ2n) is 2.13. The lowest BCUT2D eigenvalue weighted by molar-refractivity contribution is -0.109. The van der Waals surface area contributed by atoms with E-state index >= 15 is 0 Å². The Labute approximate surface area is 65.0 Å². The van der Waals surface area contributed by atoms with Crippen molar-refractivity contribution < 1.29 is 14.7 Å². The van der Waals surface area contributed by atoms with Gasteiger partial charge >= 0.3 is 6.09 Å². The summed E-state index contributed by atoms with van der Waals surface area (Å²) in [5.74, 6) is 0. The molecule has 0 radical (unpaired) electrons. The lowest BCUT2D eigenvalue weighted by Crippen LogP contribution is -2.28. The smallest absolute Gasteiger partial charge is 0.407 e. The van der Waals surface area contributed by atoms with Crippen LogP contribution in [0.1, 0.15) is 6.42 Å². The van der Waals surface area contributed by atoms with Crippen LogP contribution in [0.5, 0.6) is 0 Å². The monoisotopic (exact) mass is 160 g/mol. The van der Waals surface area contributed by atoms with Gasteiger partial charge in [0.15, 0.2) is 0 Å². The molecule has 0 aromatic rings. The van der Waals surface area contributed by atoms with E-state index in [1.165, 1.54) is 11.9 Å². The first kappa shape index (κ1) is 9.74. The molecule has 0 aliphatic heterocycles. The topological polar surface area (TPSA) is 69.6 Å². The summed E-state index contributed by atoms with van der Waals surface area (Å²) < 4.78 is 0. The van der Waals surface area contributed by atoms with Crippen LogP contribution in [0.15, 0.2) is 0 Å². The maximum absolute atomic E-state index is 10.2. The summed E-state index contributed by atoms with van der Waals surface area (Å²) in [5.41, 5.74) is 0. The molecule has 0 saturated carbocycles. The first-order chi connectivity index (χ1) is 5.18. The molecule has 0 bridgehead atoms. The summed E-state index contributed by atoms with van der Waals surface area (Å²) >= 11 is 0. The number of nitrogens with one attached hydrogen (secondary N) is 1. The van der Waals surface area contributed by atoms with Crippen LogP contribution in [0.3, 0.4) is 0 Å². The number of carboxylic acid groups (broad SMARTS) is 1. The Balaban J connectivity index is 3.24. The molecule has 0 aromatic carbocycles. The number of rotatable bonds is 5. The molecule has 0 aliphatic carbocycles. The minimum Gasteiger partial charge on any atom is -0.465 e. The van der Waals surface area contributed by atoms with Gasteiger partial charge in [-0.25, -0.2) is 4.79 Å². The van der Waals surface area contributed by atoms with Crippen molar-refractivity contribution in [2.24, 2.45) is 0 Å². The van der Waals surface area contributed by atoms with Crippen molar-refractivity contribution in [2.45, 2.75) is 6.42 Å². The molecule has 11 heavy (non-hydrogen) atoms. The van der Waals surface area contributed by atoms with Gasteiger partial charge in [0.25, 0.3) is 0 Å². The van der Waals surface area contributed by atoms with Crippen molar-refractivity contribution in [1.29, 1.82) is 0 Å². The average Bonchev–Trinajstić information content (AvgIpc) is 1.97. The Morgan fingerprint density at radius 2 is 2.36 bits per heavy atom. The SMILES string of the molecule is CN(CCCNC=O)C(=O)O. The summed E-state index contributed by atoms with van der Waals surface area (Å²) in [6.45, 7) is 0.956. The van der Waals surface area contributed by atoms with E-state index in [2.05, 4.69) is 5.32 Å². The normalized spacial score (nSPS) is 8.82. The number of amides is 2. The standard InChI is InChI=1S/C6H12N2O3/c1-8(6(10)11)4-2-3-7-5-9/h5H,2-4H2,1H3,(H,7,9)(H,10,11). The highest BCUT2D eigenvalue weighted by atomic mass is 16.4. The van der Waals surface area contributed by atoms with Crippen molar-refractivity contribution in [1.82, 2.24) is 10.2 Å². The van der Waals surface area contributed by atoms with E-state index < -0.39 is 6.09 Å². The number of carbonyl (C=O) groups excluding carboxylic acids is 1. The minimum absolute atomic E-state index is 0.441. The van der Waals surface area contributed by atoms with E-state index in [-0.39, 0.29) is 0 Å². The number of hydrogen-bond acceptors (Lipinski definition) is 2. The van der Waals surface area contributed by atoms with E-state index in [4.69, 9.17) is 5.11 Å². The number of nitrogens with zero attached hydrogens (tertiary/aromatic N) is 1. The zero-order chi connectivity index (χ0) is 8.69. The van der Waals surface area contributed by atoms with Gasteiger partial charge in [-0.1, -0.05) is 0 Å². The Hall–Kier alpha value is -1.26. The van der Waals surface area contributed by atoms with Gasteiger partial charge in [-0.15, -0.1) is 0 Å². The summed E-state index contributed by atoms with van der Waals surface area (Å²) in [7, 11) is 1.49. The maximum Gasteiger partial charge on any atom is 0.407 e. The summed E-state index contributed by atoms with van der Waals surface area (Å²) in [6.07, 6.45) is 0.290. The van der Waals surface area contributed by atoms with Crippen LogP contribution in [0, 0.1) is 0 Å². The van der Waals surface area contributed by atoms with Gasteiger partial charge in [-0.2, -0.15) is 0 Å². The number of carbonyl (C=O) groups is 2. The highest BCUT2D eigenvalue weighted by molar-refractivity contribution is 5.64. The van der Waals surface area contributed by atoms with E-state index in [0.717, 1.165) is 0 Å². The molecule has 5 nitrogen and oxygen atoms in total. The van der Waals surface area contributed by atoms with Crippen LogP contribution < -0.4 is 5.32 Å². The van der Waals surface area contributed by atoms with Crippen LogP contribution in [0.4, 0.5) is 4.79 Å². The van der Waals surface area contributed by atoms with E-state index in [9.17, 15) is 9.59 Å². The Kier molecular flexibility index (Phi) is 4.89. The second-order valence-corrected chi connectivity index (χ2v) is 2.13. The Bertz CT molecular complexity index is 138. The minimum atomic E-state index is -0.948. The molecule has 0 spiro atoms. The summed E-state index contributed by atoms with van der Waals surface area (Å²) in [4.78, 5) is 21.1. The fraction of sp³-hybridized carbons (Fsp3) is 0.667. The molecule has 2 N–H and O–H groups in total. The van der Waals surface area contributed by atoms with Gasteiger partial charge in [0, 0.05) is 20.1 Å². The summed E-state index contributed by atoms with van der Waals surface area (Å²) in [6, 6.07) is 0.